The van der Waals surface area contributed by atoms with Gasteiger partial charge in [0.25, 0.3) is 0 Å². The van der Waals surface area contributed by atoms with Gasteiger partial charge in [-0.15, -0.1) is 0 Å². The van der Waals surface area contributed by atoms with Crippen LogP contribution in [0.3, 0.4) is 0 Å². The van der Waals surface area contributed by atoms with Crippen LogP contribution in [-0.2, 0) is 6.54 Å². The zero-order valence-corrected chi connectivity index (χ0v) is 20.0. The number of pyridine rings is 2. The molecule has 0 unspecified atom stereocenters. The predicted molar refractivity (Wildman–Crippen MR) is 134 cm³/mol. The molecule has 2 aliphatic rings. The highest BCUT2D eigenvalue weighted by molar-refractivity contribution is 5.94. The molecule has 192 valence electrons. The molecule has 1 saturated heterocycles. The van der Waals surface area contributed by atoms with E-state index in [1.807, 2.05) is 12.3 Å². The summed E-state index contributed by atoms with van der Waals surface area (Å²) < 4.78 is 38.8. The van der Waals surface area contributed by atoms with Gasteiger partial charge in [-0.25, -0.2) is 15.0 Å². The topological polar surface area (TPSA) is 96.7 Å². The molecule has 4 aromatic heterocycles. The van der Waals surface area contributed by atoms with Crippen molar-refractivity contribution >= 4 is 28.4 Å². The van der Waals surface area contributed by atoms with Crippen molar-refractivity contribution in [3.05, 3.63) is 48.5 Å². The van der Waals surface area contributed by atoms with Crippen molar-refractivity contribution in [2.24, 2.45) is 0 Å². The fourth-order valence-corrected chi connectivity index (χ4v) is 4.82. The molecule has 37 heavy (non-hydrogen) atoms. The molecule has 0 aromatic carbocycles. The molecule has 0 atom stereocenters. The second kappa shape index (κ2) is 9.58. The van der Waals surface area contributed by atoms with Crippen LogP contribution in [-0.4, -0.2) is 62.1 Å². The van der Waals surface area contributed by atoms with Crippen molar-refractivity contribution in [2.75, 3.05) is 36.4 Å². The van der Waals surface area contributed by atoms with Gasteiger partial charge in [0.1, 0.15) is 18.2 Å². The average molecular weight is 510 g/mol. The second-order valence-corrected chi connectivity index (χ2v) is 9.43. The molecule has 0 radical (unpaired) electrons. The minimum absolute atomic E-state index is 0.268. The van der Waals surface area contributed by atoms with Crippen LogP contribution < -0.4 is 15.5 Å². The van der Waals surface area contributed by atoms with Crippen LogP contribution in [0.2, 0.25) is 0 Å². The second-order valence-electron chi connectivity index (χ2n) is 9.43. The van der Waals surface area contributed by atoms with Crippen molar-refractivity contribution in [3.8, 4) is 11.4 Å². The Labute approximate surface area is 211 Å². The van der Waals surface area contributed by atoms with E-state index in [0.717, 1.165) is 66.0 Å². The molecule has 4 aromatic rings. The third-order valence-electron chi connectivity index (χ3n) is 6.83. The summed E-state index contributed by atoms with van der Waals surface area (Å²) >= 11 is 0. The zero-order chi connectivity index (χ0) is 25.4. The van der Waals surface area contributed by atoms with Crippen LogP contribution in [0.4, 0.5) is 30.6 Å². The molecule has 2 N–H and O–H groups in total. The summed E-state index contributed by atoms with van der Waals surface area (Å²) in [5.41, 5.74) is 2.76. The van der Waals surface area contributed by atoms with E-state index in [1.165, 1.54) is 24.2 Å². The maximum atomic E-state index is 12.7. The molecular weight excluding hydrogens is 483 g/mol. The fraction of sp³-hybridized carbons (Fsp3) is 0.400. The first-order valence-corrected chi connectivity index (χ1v) is 12.4. The lowest BCUT2D eigenvalue weighted by Crippen LogP contribution is -2.44. The van der Waals surface area contributed by atoms with Gasteiger partial charge in [0.15, 0.2) is 11.6 Å². The van der Waals surface area contributed by atoms with Crippen LogP contribution in [0.25, 0.3) is 22.3 Å². The van der Waals surface area contributed by atoms with E-state index in [-0.39, 0.29) is 5.82 Å². The molecule has 1 aliphatic heterocycles. The van der Waals surface area contributed by atoms with Crippen molar-refractivity contribution < 1.29 is 13.2 Å². The molecule has 2 fully saturated rings. The van der Waals surface area contributed by atoms with Crippen LogP contribution in [0.5, 0.6) is 0 Å². The lowest BCUT2D eigenvalue weighted by atomic mass is 9.79. The first-order chi connectivity index (χ1) is 17.9. The Kier molecular flexibility index (Phi) is 6.11. The SMILES string of the molecule is FC(F)(F)Cn1ccc(Nc2cc(-c3nc(N4CCNCC4)c4c(C5CCC5)cncc4n3)ccn2)n1. The van der Waals surface area contributed by atoms with Crippen molar-refractivity contribution in [1.29, 1.82) is 0 Å². The first kappa shape index (κ1) is 23.6. The zero-order valence-electron chi connectivity index (χ0n) is 20.0. The molecule has 0 amide bonds. The Balaban J connectivity index is 1.36. The largest absolute Gasteiger partial charge is 0.408 e. The number of fused-ring (bicyclic) bond motifs is 1. The van der Waals surface area contributed by atoms with Crippen molar-refractivity contribution in [1.82, 2.24) is 35.0 Å². The summed E-state index contributed by atoms with van der Waals surface area (Å²) in [6.07, 6.45) is 5.84. The number of nitrogens with one attached hydrogen (secondary N) is 2. The lowest BCUT2D eigenvalue weighted by Gasteiger charge is -2.32. The lowest BCUT2D eigenvalue weighted by molar-refractivity contribution is -0.142. The molecule has 9 nitrogen and oxygen atoms in total. The Bertz CT molecular complexity index is 1410. The van der Waals surface area contributed by atoms with E-state index in [0.29, 0.717) is 17.6 Å². The summed E-state index contributed by atoms with van der Waals surface area (Å²) in [6.45, 7) is 2.31. The number of anilines is 3. The van der Waals surface area contributed by atoms with E-state index in [4.69, 9.17) is 9.97 Å². The van der Waals surface area contributed by atoms with Gasteiger partial charge in [-0.05, 0) is 36.5 Å². The van der Waals surface area contributed by atoms with Gasteiger partial charge in [-0.2, -0.15) is 18.3 Å². The summed E-state index contributed by atoms with van der Waals surface area (Å²) in [4.78, 5) is 21.0. The van der Waals surface area contributed by atoms with Gasteiger partial charge in [0.05, 0.1) is 11.7 Å². The number of hydrogen-bond acceptors (Lipinski definition) is 8. The number of rotatable bonds is 6. The molecule has 12 heteroatoms. The third-order valence-corrected chi connectivity index (χ3v) is 6.83. The Morgan fingerprint density at radius 3 is 2.65 bits per heavy atom. The summed E-state index contributed by atoms with van der Waals surface area (Å²) in [6, 6.07) is 5.07. The number of piperazine rings is 1. The molecular formula is C25H26F3N9. The molecule has 0 bridgehead atoms. The summed E-state index contributed by atoms with van der Waals surface area (Å²) in [5, 5.41) is 11.4. The molecule has 5 heterocycles. The quantitative estimate of drug-likeness (QED) is 0.398. The maximum Gasteiger partial charge on any atom is 0.408 e. The number of hydrogen-bond donors (Lipinski definition) is 2. The number of nitrogens with zero attached hydrogens (tertiary/aromatic N) is 7. The van der Waals surface area contributed by atoms with Crippen LogP contribution >= 0.6 is 0 Å². The predicted octanol–water partition coefficient (Wildman–Crippen LogP) is 4.27. The monoisotopic (exact) mass is 509 g/mol. The highest BCUT2D eigenvalue weighted by Crippen LogP contribution is 2.42. The van der Waals surface area contributed by atoms with Crippen LogP contribution in [0, 0.1) is 0 Å². The number of aromatic nitrogens is 6. The van der Waals surface area contributed by atoms with Gasteiger partial charge in [0.2, 0.25) is 0 Å². The summed E-state index contributed by atoms with van der Waals surface area (Å²) in [7, 11) is 0. The van der Waals surface area contributed by atoms with Gasteiger partial charge in [-0.1, -0.05) is 6.42 Å². The van der Waals surface area contributed by atoms with Crippen molar-refractivity contribution in [3.63, 3.8) is 0 Å². The summed E-state index contributed by atoms with van der Waals surface area (Å²) in [5.74, 6) is 2.65. The number of alkyl halides is 3. The Morgan fingerprint density at radius 2 is 1.89 bits per heavy atom. The molecule has 1 aliphatic carbocycles. The van der Waals surface area contributed by atoms with E-state index in [9.17, 15) is 13.2 Å². The minimum atomic E-state index is -4.34. The highest BCUT2D eigenvalue weighted by atomic mass is 19.4. The minimum Gasteiger partial charge on any atom is -0.353 e. The number of halogens is 3. The van der Waals surface area contributed by atoms with Gasteiger partial charge >= 0.3 is 6.18 Å². The molecule has 0 spiro atoms. The van der Waals surface area contributed by atoms with E-state index in [1.54, 1.807) is 18.5 Å². The maximum absolute atomic E-state index is 12.7. The van der Waals surface area contributed by atoms with Crippen LogP contribution in [0.1, 0.15) is 30.7 Å². The van der Waals surface area contributed by atoms with Crippen LogP contribution in [0.15, 0.2) is 43.0 Å². The van der Waals surface area contributed by atoms with E-state index in [2.05, 4.69) is 30.6 Å². The highest BCUT2D eigenvalue weighted by Gasteiger charge is 2.29. The van der Waals surface area contributed by atoms with E-state index >= 15 is 0 Å². The third kappa shape index (κ3) is 5.06. The van der Waals surface area contributed by atoms with E-state index < -0.39 is 12.7 Å². The van der Waals surface area contributed by atoms with Gasteiger partial charge in [0, 0.05) is 61.8 Å². The molecule has 1 saturated carbocycles. The Morgan fingerprint density at radius 1 is 1.05 bits per heavy atom. The smallest absolute Gasteiger partial charge is 0.353 e. The van der Waals surface area contributed by atoms with Crippen molar-refractivity contribution in [2.45, 2.75) is 37.9 Å². The molecule has 6 rings (SSSR count). The Hall–Kier alpha value is -3.80. The first-order valence-electron chi connectivity index (χ1n) is 12.4. The van der Waals surface area contributed by atoms with Gasteiger partial charge < -0.3 is 15.5 Å². The normalized spacial score (nSPS) is 16.7. The fourth-order valence-electron chi connectivity index (χ4n) is 4.82. The average Bonchev–Trinajstić information content (AvgIpc) is 3.28. The van der Waals surface area contributed by atoms with Gasteiger partial charge in [-0.3, -0.25) is 9.67 Å². The standard InChI is InChI=1S/C25H26F3N9/c26-25(27,28)15-37-9-5-20(35-37)33-21-12-17(4-6-31-21)23-32-19-14-30-13-18(16-2-1-3-16)22(19)24(34-23)36-10-7-29-8-11-36/h4-6,9,12-14,16,29H,1-3,7-8,10-11,15H2,(H,31,33,35).